The van der Waals surface area contributed by atoms with E-state index in [9.17, 15) is 4.21 Å². The minimum Gasteiger partial charge on any atom is -0.377 e. The summed E-state index contributed by atoms with van der Waals surface area (Å²) in [6, 6.07) is 5.06. The van der Waals surface area contributed by atoms with Crippen molar-refractivity contribution >= 4 is 40.3 Å². The molecule has 3 aromatic rings. The molecular formula is C27H39N7O3SSi. The summed E-state index contributed by atoms with van der Waals surface area (Å²) in [5, 5.41) is 10.3. The third-order valence-corrected chi connectivity index (χ3v) is 8.96. The van der Waals surface area contributed by atoms with Crippen LogP contribution in [0.1, 0.15) is 25.5 Å². The van der Waals surface area contributed by atoms with E-state index in [-0.39, 0.29) is 6.04 Å². The number of rotatable bonds is 8. The summed E-state index contributed by atoms with van der Waals surface area (Å²) in [6.07, 6.45) is 7.39. The van der Waals surface area contributed by atoms with Crippen molar-refractivity contribution in [3.8, 4) is 17.7 Å². The number of aromatic nitrogens is 5. The molecule has 39 heavy (non-hydrogen) atoms. The second-order valence-electron chi connectivity index (χ2n) is 12.0. The van der Waals surface area contributed by atoms with Crippen LogP contribution in [0.3, 0.4) is 0 Å². The van der Waals surface area contributed by atoms with E-state index < -0.39 is 17.8 Å². The van der Waals surface area contributed by atoms with Gasteiger partial charge >= 0.3 is 0 Å². The lowest BCUT2D eigenvalue weighted by Gasteiger charge is -2.34. The molecule has 0 amide bonds. The van der Waals surface area contributed by atoms with Crippen LogP contribution in [-0.4, -0.2) is 81.7 Å². The van der Waals surface area contributed by atoms with Crippen molar-refractivity contribution in [1.29, 1.82) is 0 Å². The number of morpholine rings is 1. The number of pyridine rings is 1. The lowest BCUT2D eigenvalue weighted by molar-refractivity contribution is 0.0785. The number of anilines is 1. The molecule has 1 saturated heterocycles. The zero-order valence-corrected chi connectivity index (χ0v) is 25.6. The highest BCUT2D eigenvalue weighted by Gasteiger charge is 2.26. The molecule has 1 saturated carbocycles. The summed E-state index contributed by atoms with van der Waals surface area (Å²) in [7, 11) is -3.62. The SMILES string of the molecule is C[C@@H]1COCCN1c1cc(N=S(C)(C)=O)c2c(C#CC3CC3)nn(-c3ccn(COCC[Si](C)(C)C)n3)c2n1. The van der Waals surface area contributed by atoms with Gasteiger partial charge in [0.25, 0.3) is 0 Å². The third-order valence-electron chi connectivity index (χ3n) is 6.62. The van der Waals surface area contributed by atoms with Crippen molar-refractivity contribution < 1.29 is 13.7 Å². The van der Waals surface area contributed by atoms with Crippen molar-refractivity contribution in [2.24, 2.45) is 10.3 Å². The number of nitrogens with zero attached hydrogens (tertiary/aromatic N) is 7. The van der Waals surface area contributed by atoms with Crippen LogP contribution in [0.5, 0.6) is 0 Å². The fourth-order valence-electron chi connectivity index (χ4n) is 4.32. The van der Waals surface area contributed by atoms with E-state index in [2.05, 4.69) is 47.7 Å². The Morgan fingerprint density at radius 1 is 1.23 bits per heavy atom. The normalized spacial score (nSPS) is 18.3. The second-order valence-corrected chi connectivity index (χ2v) is 20.1. The number of hydrogen-bond donors (Lipinski definition) is 0. The van der Waals surface area contributed by atoms with E-state index in [1.807, 2.05) is 18.3 Å². The first-order valence-electron chi connectivity index (χ1n) is 13.6. The van der Waals surface area contributed by atoms with Crippen LogP contribution in [-0.2, 0) is 25.9 Å². The van der Waals surface area contributed by atoms with Crippen LogP contribution in [0.4, 0.5) is 11.5 Å². The lowest BCUT2D eigenvalue weighted by atomic mass is 10.2. The summed E-state index contributed by atoms with van der Waals surface area (Å²) < 4.78 is 32.6. The van der Waals surface area contributed by atoms with Crippen LogP contribution >= 0.6 is 0 Å². The Balaban J connectivity index is 1.59. The first-order chi connectivity index (χ1) is 18.5. The predicted octanol–water partition coefficient (Wildman–Crippen LogP) is 4.28. The van der Waals surface area contributed by atoms with Crippen LogP contribution < -0.4 is 4.90 Å². The molecule has 10 nitrogen and oxygen atoms in total. The Morgan fingerprint density at radius 2 is 2.03 bits per heavy atom. The second kappa shape index (κ2) is 11.0. The van der Waals surface area contributed by atoms with E-state index >= 15 is 0 Å². The molecule has 4 heterocycles. The fourth-order valence-corrected chi connectivity index (χ4v) is 5.70. The predicted molar refractivity (Wildman–Crippen MR) is 158 cm³/mol. The zero-order chi connectivity index (χ0) is 27.8. The molecule has 12 heteroatoms. The molecule has 210 valence electrons. The van der Waals surface area contributed by atoms with E-state index in [0.29, 0.717) is 60.6 Å². The maximum absolute atomic E-state index is 12.9. The Hall–Kier alpha value is -2.72. The molecule has 3 aromatic heterocycles. The molecule has 5 rings (SSSR count). The van der Waals surface area contributed by atoms with Crippen molar-refractivity contribution in [1.82, 2.24) is 24.5 Å². The zero-order valence-electron chi connectivity index (χ0n) is 23.8. The van der Waals surface area contributed by atoms with Gasteiger partial charge in [0.2, 0.25) is 0 Å². The number of fused-ring (bicyclic) bond motifs is 1. The molecule has 0 spiro atoms. The summed E-state index contributed by atoms with van der Waals surface area (Å²) in [4.78, 5) is 7.27. The Morgan fingerprint density at radius 3 is 2.72 bits per heavy atom. The highest BCUT2D eigenvalue weighted by Crippen LogP contribution is 2.35. The Labute approximate surface area is 232 Å². The molecule has 0 radical (unpaired) electrons. The number of hydrogen-bond acceptors (Lipinski definition) is 8. The number of ether oxygens (including phenoxy) is 2. The lowest BCUT2D eigenvalue weighted by Crippen LogP contribution is -2.44. The molecule has 0 N–H and O–H groups in total. The molecule has 0 unspecified atom stereocenters. The molecule has 0 aromatic carbocycles. The van der Waals surface area contributed by atoms with Crippen LogP contribution in [0.2, 0.25) is 25.7 Å². The molecule has 0 bridgehead atoms. The maximum Gasteiger partial charge on any atom is 0.177 e. The van der Waals surface area contributed by atoms with Crippen LogP contribution in [0, 0.1) is 17.8 Å². The highest BCUT2D eigenvalue weighted by molar-refractivity contribution is 7.92. The molecule has 2 fully saturated rings. The van der Waals surface area contributed by atoms with Crippen molar-refractivity contribution in [2.45, 2.75) is 58.2 Å². The van der Waals surface area contributed by atoms with Gasteiger partial charge in [-0.25, -0.2) is 13.9 Å². The van der Waals surface area contributed by atoms with Crippen LogP contribution in [0.25, 0.3) is 16.9 Å². The van der Waals surface area contributed by atoms with Crippen LogP contribution in [0.15, 0.2) is 22.7 Å². The minimum absolute atomic E-state index is 0.141. The minimum atomic E-state index is -2.45. The van der Waals surface area contributed by atoms with Gasteiger partial charge < -0.3 is 14.4 Å². The third kappa shape index (κ3) is 7.08. The van der Waals surface area contributed by atoms with Gasteiger partial charge in [-0.05, 0) is 31.7 Å². The summed E-state index contributed by atoms with van der Waals surface area (Å²) in [6.45, 7) is 12.2. The smallest absolute Gasteiger partial charge is 0.177 e. The molecule has 2 aliphatic rings. The molecular weight excluding hydrogens is 530 g/mol. The topological polar surface area (TPSA) is 99.7 Å². The molecule has 1 atom stereocenters. The standard InChI is InChI=1S/C27H39N7O3SSi/c1-20-18-36-14-13-33(20)25-17-23(31-38(2,3)35)26-22(10-9-21-7-8-21)29-34(27(26)28-25)24-11-12-32(30-24)19-37-15-16-39(4,5)6/h11-12,17,20-21H,7-8,13-16,18-19H2,1-6H3/t20-/m1/s1. The van der Waals surface area contributed by atoms with Crippen molar-refractivity contribution in [2.75, 3.05) is 43.8 Å². The summed E-state index contributed by atoms with van der Waals surface area (Å²) in [5.74, 6) is 8.36. The van der Waals surface area contributed by atoms with Gasteiger partial charge in [0.15, 0.2) is 11.5 Å². The molecule has 1 aliphatic carbocycles. The van der Waals surface area contributed by atoms with Gasteiger partial charge in [0.1, 0.15) is 18.2 Å². The van der Waals surface area contributed by atoms with E-state index in [1.165, 1.54) is 0 Å². The highest BCUT2D eigenvalue weighted by atomic mass is 32.2. The van der Waals surface area contributed by atoms with Crippen molar-refractivity contribution in [3.05, 3.63) is 24.0 Å². The largest absolute Gasteiger partial charge is 0.377 e. The van der Waals surface area contributed by atoms with E-state index in [1.54, 1.807) is 21.9 Å². The van der Waals surface area contributed by atoms with E-state index in [4.69, 9.17) is 24.7 Å². The van der Waals surface area contributed by atoms with Gasteiger partial charge in [0, 0.05) is 67.7 Å². The Bertz CT molecular complexity index is 1530. The summed E-state index contributed by atoms with van der Waals surface area (Å²) in [5.41, 5.74) is 1.76. The van der Waals surface area contributed by atoms with Crippen molar-refractivity contribution in [3.63, 3.8) is 0 Å². The van der Waals surface area contributed by atoms with Gasteiger partial charge in [-0.15, -0.1) is 0 Å². The van der Waals surface area contributed by atoms with Gasteiger partial charge in [-0.2, -0.15) is 19.2 Å². The first kappa shape index (κ1) is 27.8. The van der Waals surface area contributed by atoms with E-state index in [0.717, 1.165) is 31.3 Å². The first-order valence-corrected chi connectivity index (χ1v) is 19.6. The van der Waals surface area contributed by atoms with Gasteiger partial charge in [-0.1, -0.05) is 25.6 Å². The average Bonchev–Trinajstić information content (AvgIpc) is 3.43. The van der Waals surface area contributed by atoms with Gasteiger partial charge in [-0.3, -0.25) is 0 Å². The monoisotopic (exact) mass is 569 g/mol. The fraction of sp³-hybridized carbons (Fsp3) is 0.593. The molecule has 1 aliphatic heterocycles. The van der Waals surface area contributed by atoms with Gasteiger partial charge in [0.05, 0.1) is 30.3 Å². The Kier molecular flexibility index (Phi) is 7.88. The summed E-state index contributed by atoms with van der Waals surface area (Å²) >= 11 is 0. The average molecular weight is 570 g/mol. The quantitative estimate of drug-likeness (QED) is 0.227. The maximum atomic E-state index is 12.9.